The van der Waals surface area contributed by atoms with Crippen LogP contribution in [0.3, 0.4) is 0 Å². The van der Waals surface area contributed by atoms with Gasteiger partial charge in [-0.2, -0.15) is 0 Å². The van der Waals surface area contributed by atoms with Gasteiger partial charge in [-0.1, -0.05) is 0 Å². The van der Waals surface area contributed by atoms with Crippen LogP contribution in [0, 0.1) is 0 Å². The zero-order valence-corrected chi connectivity index (χ0v) is 9.50. The number of nitrogens with one attached hydrogen (secondary N) is 1. The van der Waals surface area contributed by atoms with Crippen LogP contribution in [0.25, 0.3) is 0 Å². The van der Waals surface area contributed by atoms with Gasteiger partial charge in [0.15, 0.2) is 0 Å². The van der Waals surface area contributed by atoms with Crippen molar-refractivity contribution in [1.82, 2.24) is 5.32 Å². The smallest absolute Gasteiger partial charge is 0.0876 e. The van der Waals surface area contributed by atoms with Gasteiger partial charge in [-0.25, -0.2) is 0 Å². The second-order valence-electron chi connectivity index (χ2n) is 4.38. The van der Waals surface area contributed by atoms with Crippen molar-refractivity contribution in [3.8, 4) is 0 Å². The molecule has 0 amide bonds. The number of rotatable bonds is 4. The van der Waals surface area contributed by atoms with Crippen LogP contribution in [0.2, 0.25) is 0 Å². The van der Waals surface area contributed by atoms with E-state index in [2.05, 4.69) is 5.32 Å². The molecule has 0 saturated carbocycles. The van der Waals surface area contributed by atoms with E-state index in [1.165, 1.54) is 18.4 Å². The molecule has 0 radical (unpaired) electrons. The van der Waals surface area contributed by atoms with Crippen LogP contribution >= 0.6 is 0 Å². The second kappa shape index (κ2) is 5.52. The third-order valence-corrected chi connectivity index (χ3v) is 3.28. The Morgan fingerprint density at radius 2 is 2.40 bits per heavy atom. The average molecular weight is 211 g/mol. The SMILES string of the molecule is CNC(CC1CCCO1)C1=COCCC1. The molecule has 2 atom stereocenters. The Hall–Kier alpha value is -0.540. The van der Waals surface area contributed by atoms with Crippen LogP contribution in [0.1, 0.15) is 32.1 Å². The first-order valence-corrected chi connectivity index (χ1v) is 5.99. The molecule has 0 aromatic rings. The van der Waals surface area contributed by atoms with E-state index in [1.54, 1.807) is 0 Å². The first-order chi connectivity index (χ1) is 7.40. The van der Waals surface area contributed by atoms with Crippen molar-refractivity contribution in [1.29, 1.82) is 0 Å². The van der Waals surface area contributed by atoms with E-state index in [9.17, 15) is 0 Å². The molecule has 1 fully saturated rings. The number of hydrogen-bond donors (Lipinski definition) is 1. The predicted molar refractivity (Wildman–Crippen MR) is 59.7 cm³/mol. The minimum Gasteiger partial charge on any atom is -0.501 e. The minimum absolute atomic E-state index is 0.438. The van der Waals surface area contributed by atoms with Crippen LogP contribution in [0.5, 0.6) is 0 Å². The molecule has 3 heteroatoms. The summed E-state index contributed by atoms with van der Waals surface area (Å²) < 4.78 is 11.1. The number of likely N-dealkylation sites (N-methyl/N-ethyl adjacent to an activating group) is 1. The minimum atomic E-state index is 0.438. The molecule has 86 valence electrons. The summed E-state index contributed by atoms with van der Waals surface area (Å²) in [7, 11) is 2.02. The van der Waals surface area contributed by atoms with Gasteiger partial charge in [0.05, 0.1) is 19.0 Å². The van der Waals surface area contributed by atoms with Crippen LogP contribution in [0.4, 0.5) is 0 Å². The lowest BCUT2D eigenvalue weighted by atomic mass is 9.96. The topological polar surface area (TPSA) is 30.5 Å². The molecule has 0 aliphatic carbocycles. The molecule has 0 aromatic heterocycles. The molecule has 0 spiro atoms. The summed E-state index contributed by atoms with van der Waals surface area (Å²) in [5.41, 5.74) is 1.40. The zero-order valence-electron chi connectivity index (χ0n) is 9.50. The monoisotopic (exact) mass is 211 g/mol. The lowest BCUT2D eigenvalue weighted by Gasteiger charge is -2.24. The van der Waals surface area contributed by atoms with Crippen molar-refractivity contribution in [3.05, 3.63) is 11.8 Å². The Bertz CT molecular complexity index is 222. The number of ether oxygens (including phenoxy) is 2. The molecule has 2 heterocycles. The van der Waals surface area contributed by atoms with E-state index in [1.807, 2.05) is 13.3 Å². The Morgan fingerprint density at radius 1 is 1.47 bits per heavy atom. The fraction of sp³-hybridized carbons (Fsp3) is 0.833. The predicted octanol–water partition coefficient (Wildman–Crippen LogP) is 1.84. The van der Waals surface area contributed by atoms with Gasteiger partial charge in [0.2, 0.25) is 0 Å². The fourth-order valence-corrected chi connectivity index (χ4v) is 2.39. The highest BCUT2D eigenvalue weighted by atomic mass is 16.5. The lowest BCUT2D eigenvalue weighted by molar-refractivity contribution is 0.0969. The fourth-order valence-electron chi connectivity index (χ4n) is 2.39. The Balaban J connectivity index is 1.87. The van der Waals surface area contributed by atoms with Crippen molar-refractivity contribution in [2.75, 3.05) is 20.3 Å². The summed E-state index contributed by atoms with van der Waals surface area (Å²) in [4.78, 5) is 0. The summed E-state index contributed by atoms with van der Waals surface area (Å²) in [5, 5.41) is 3.37. The molecule has 0 bridgehead atoms. The number of hydrogen-bond acceptors (Lipinski definition) is 3. The van der Waals surface area contributed by atoms with E-state index >= 15 is 0 Å². The van der Waals surface area contributed by atoms with Crippen molar-refractivity contribution in [3.63, 3.8) is 0 Å². The average Bonchev–Trinajstić information content (AvgIpc) is 2.80. The van der Waals surface area contributed by atoms with E-state index in [0.29, 0.717) is 12.1 Å². The first kappa shape index (κ1) is 11.0. The zero-order chi connectivity index (χ0) is 10.5. The van der Waals surface area contributed by atoms with Gasteiger partial charge in [-0.3, -0.25) is 0 Å². The third kappa shape index (κ3) is 2.95. The molecule has 2 aliphatic rings. The van der Waals surface area contributed by atoms with Gasteiger partial charge in [0.1, 0.15) is 0 Å². The van der Waals surface area contributed by atoms with Gasteiger partial charge in [-0.05, 0) is 44.7 Å². The summed E-state index contributed by atoms with van der Waals surface area (Å²) in [6.07, 6.45) is 8.23. The Morgan fingerprint density at radius 3 is 3.00 bits per heavy atom. The molecule has 2 unspecified atom stereocenters. The summed E-state index contributed by atoms with van der Waals surface area (Å²) in [5.74, 6) is 0. The van der Waals surface area contributed by atoms with Crippen LogP contribution in [0.15, 0.2) is 11.8 Å². The Kier molecular flexibility index (Phi) is 4.03. The Labute approximate surface area is 91.8 Å². The third-order valence-electron chi connectivity index (χ3n) is 3.28. The highest BCUT2D eigenvalue weighted by Gasteiger charge is 2.23. The van der Waals surface area contributed by atoms with Gasteiger partial charge in [-0.15, -0.1) is 0 Å². The van der Waals surface area contributed by atoms with E-state index < -0.39 is 0 Å². The van der Waals surface area contributed by atoms with Crippen LogP contribution in [-0.2, 0) is 9.47 Å². The van der Waals surface area contributed by atoms with Gasteiger partial charge in [0, 0.05) is 12.6 Å². The molecular weight excluding hydrogens is 190 g/mol. The molecule has 15 heavy (non-hydrogen) atoms. The van der Waals surface area contributed by atoms with Gasteiger partial charge >= 0.3 is 0 Å². The molecule has 2 aliphatic heterocycles. The van der Waals surface area contributed by atoms with Crippen molar-refractivity contribution < 1.29 is 9.47 Å². The first-order valence-electron chi connectivity index (χ1n) is 5.99. The quantitative estimate of drug-likeness (QED) is 0.769. The van der Waals surface area contributed by atoms with Crippen LogP contribution in [-0.4, -0.2) is 32.4 Å². The maximum Gasteiger partial charge on any atom is 0.0876 e. The van der Waals surface area contributed by atoms with Crippen molar-refractivity contribution >= 4 is 0 Å². The molecule has 3 nitrogen and oxygen atoms in total. The normalized spacial score (nSPS) is 28.3. The van der Waals surface area contributed by atoms with Gasteiger partial charge < -0.3 is 14.8 Å². The van der Waals surface area contributed by atoms with Gasteiger partial charge in [0.25, 0.3) is 0 Å². The van der Waals surface area contributed by atoms with Crippen molar-refractivity contribution in [2.24, 2.45) is 0 Å². The highest BCUT2D eigenvalue weighted by molar-refractivity contribution is 5.10. The highest BCUT2D eigenvalue weighted by Crippen LogP contribution is 2.23. The van der Waals surface area contributed by atoms with Crippen LogP contribution < -0.4 is 5.32 Å². The van der Waals surface area contributed by atoms with Crippen molar-refractivity contribution in [2.45, 2.75) is 44.2 Å². The maximum absolute atomic E-state index is 5.67. The maximum atomic E-state index is 5.67. The van der Waals surface area contributed by atoms with E-state index in [-0.39, 0.29) is 0 Å². The van der Waals surface area contributed by atoms with E-state index in [0.717, 1.165) is 32.5 Å². The lowest BCUT2D eigenvalue weighted by Crippen LogP contribution is -2.32. The largest absolute Gasteiger partial charge is 0.501 e. The molecular formula is C12H21NO2. The van der Waals surface area contributed by atoms with E-state index in [4.69, 9.17) is 9.47 Å². The molecule has 0 aromatic carbocycles. The summed E-state index contributed by atoms with van der Waals surface area (Å²) in [6.45, 7) is 1.82. The summed E-state index contributed by atoms with van der Waals surface area (Å²) >= 11 is 0. The summed E-state index contributed by atoms with van der Waals surface area (Å²) in [6, 6.07) is 0.438. The molecule has 2 rings (SSSR count). The second-order valence-corrected chi connectivity index (χ2v) is 4.38. The molecule has 1 saturated heterocycles. The molecule has 1 N–H and O–H groups in total. The standard InChI is InChI=1S/C12H21NO2/c1-13-12(8-11-5-3-7-15-11)10-4-2-6-14-9-10/h9,11-13H,2-8H2,1H3.